The minimum Gasteiger partial charge on any atom is -0.235 e. The number of thiophene rings is 1. The number of nitrogens with one attached hydrogen (secondary N) is 1. The molecule has 0 radical (unpaired) electrons. The first-order valence-electron chi connectivity index (χ1n) is 7.26. The summed E-state index contributed by atoms with van der Waals surface area (Å²) in [6.45, 7) is 0.393. The van der Waals surface area contributed by atoms with Crippen molar-refractivity contribution in [1.82, 2.24) is 9.71 Å². The van der Waals surface area contributed by atoms with Gasteiger partial charge in [0.15, 0.2) is 0 Å². The molecule has 25 heavy (non-hydrogen) atoms. The molecule has 0 unspecified atom stereocenters. The van der Waals surface area contributed by atoms with Crippen LogP contribution in [0.3, 0.4) is 0 Å². The summed E-state index contributed by atoms with van der Waals surface area (Å²) in [5, 5.41) is 3.91. The summed E-state index contributed by atoms with van der Waals surface area (Å²) < 4.78 is 24.7. The minimum absolute atomic E-state index is 0.393. The van der Waals surface area contributed by atoms with Crippen LogP contribution in [0.1, 0.15) is 4.88 Å². The van der Waals surface area contributed by atoms with E-state index in [0.717, 1.165) is 32.3 Å². The van der Waals surface area contributed by atoms with E-state index in [0.29, 0.717) is 23.0 Å². The van der Waals surface area contributed by atoms with Crippen molar-refractivity contribution in [2.45, 2.75) is 6.42 Å². The van der Waals surface area contributed by atoms with E-state index in [4.69, 9.17) is 23.2 Å². The van der Waals surface area contributed by atoms with Crippen molar-refractivity contribution < 1.29 is 8.42 Å². The molecular weight excluding hydrogens is 419 g/mol. The molecule has 132 valence electrons. The zero-order chi connectivity index (χ0) is 18.0. The highest BCUT2D eigenvalue weighted by Crippen LogP contribution is 2.34. The van der Waals surface area contributed by atoms with Crippen molar-refractivity contribution in [2.75, 3.05) is 12.8 Å². The molecule has 1 N–H and O–H groups in total. The van der Waals surface area contributed by atoms with Crippen LogP contribution < -0.4 is 4.72 Å². The van der Waals surface area contributed by atoms with E-state index in [1.54, 1.807) is 28.7 Å². The third-order valence-corrected chi connectivity index (χ3v) is 6.85. The van der Waals surface area contributed by atoms with Crippen LogP contribution in [0.2, 0.25) is 10.0 Å². The first-order valence-corrected chi connectivity index (χ1v) is 11.6. The van der Waals surface area contributed by atoms with Gasteiger partial charge in [-0.05, 0) is 30.7 Å². The normalized spacial score (nSPS) is 11.8. The molecule has 0 atom stereocenters. The third kappa shape index (κ3) is 5.03. The molecule has 0 aliphatic rings. The number of hydrogen-bond donors (Lipinski definition) is 1. The molecule has 0 bridgehead atoms. The van der Waals surface area contributed by atoms with Crippen LogP contribution in [0, 0.1) is 0 Å². The van der Waals surface area contributed by atoms with Crippen LogP contribution in [0.4, 0.5) is 0 Å². The molecule has 1 aromatic carbocycles. The summed E-state index contributed by atoms with van der Waals surface area (Å²) in [6.07, 6.45) is 1.81. The molecule has 3 rings (SSSR count). The van der Waals surface area contributed by atoms with Crippen LogP contribution in [0.25, 0.3) is 21.1 Å². The number of aromatic nitrogens is 1. The molecule has 0 fully saturated rings. The molecule has 0 aliphatic heterocycles. The van der Waals surface area contributed by atoms with Gasteiger partial charge >= 0.3 is 0 Å². The second-order valence-corrected chi connectivity index (χ2v) is 10.0. The third-order valence-electron chi connectivity index (χ3n) is 3.32. The fourth-order valence-corrected chi connectivity index (χ4v) is 4.79. The van der Waals surface area contributed by atoms with Gasteiger partial charge in [0.05, 0.1) is 26.9 Å². The van der Waals surface area contributed by atoms with E-state index in [1.807, 2.05) is 29.6 Å². The molecule has 4 nitrogen and oxygen atoms in total. The van der Waals surface area contributed by atoms with Gasteiger partial charge in [-0.1, -0.05) is 29.3 Å². The predicted molar refractivity (Wildman–Crippen MR) is 107 cm³/mol. The Morgan fingerprint density at radius 3 is 2.68 bits per heavy atom. The van der Waals surface area contributed by atoms with Gasteiger partial charge in [0.1, 0.15) is 5.01 Å². The van der Waals surface area contributed by atoms with Crippen molar-refractivity contribution >= 4 is 55.9 Å². The zero-order valence-corrected chi connectivity index (χ0v) is 17.1. The fourth-order valence-electron chi connectivity index (χ4n) is 2.16. The Labute approximate surface area is 164 Å². The number of halogens is 2. The summed E-state index contributed by atoms with van der Waals surface area (Å²) in [4.78, 5) is 6.83. The first kappa shape index (κ1) is 18.8. The van der Waals surface area contributed by atoms with E-state index in [9.17, 15) is 8.42 Å². The summed E-state index contributed by atoms with van der Waals surface area (Å²) in [5.74, 6) is 0. The maximum absolute atomic E-state index is 11.1. The van der Waals surface area contributed by atoms with Crippen molar-refractivity contribution in [2.24, 2.45) is 0 Å². The minimum atomic E-state index is -3.15. The van der Waals surface area contributed by atoms with Gasteiger partial charge in [0.2, 0.25) is 10.0 Å². The maximum atomic E-state index is 11.1. The summed E-state index contributed by atoms with van der Waals surface area (Å²) in [5.41, 5.74) is 1.83. The van der Waals surface area contributed by atoms with E-state index < -0.39 is 10.0 Å². The topological polar surface area (TPSA) is 59.1 Å². The molecule has 0 saturated carbocycles. The molecule has 0 saturated heterocycles. The second kappa shape index (κ2) is 7.73. The lowest BCUT2D eigenvalue weighted by Crippen LogP contribution is -2.23. The molecule has 9 heteroatoms. The Morgan fingerprint density at radius 1 is 1.16 bits per heavy atom. The van der Waals surface area contributed by atoms with Gasteiger partial charge < -0.3 is 0 Å². The average Bonchev–Trinajstić information content (AvgIpc) is 3.17. The SMILES string of the molecule is CS(=O)(=O)NCCc1ccc(-c2csc(-c3ccc(Cl)c(Cl)c3)n2)s1. The summed E-state index contributed by atoms with van der Waals surface area (Å²) in [6, 6.07) is 9.48. The average molecular weight is 433 g/mol. The lowest BCUT2D eigenvalue weighted by Gasteiger charge is -1.99. The smallest absolute Gasteiger partial charge is 0.208 e. The highest BCUT2D eigenvalue weighted by atomic mass is 35.5. The van der Waals surface area contributed by atoms with Gasteiger partial charge in [0.25, 0.3) is 0 Å². The van der Waals surface area contributed by atoms with Gasteiger partial charge in [0, 0.05) is 22.4 Å². The second-order valence-electron chi connectivity index (χ2n) is 5.35. The van der Waals surface area contributed by atoms with E-state index in [1.165, 1.54) is 0 Å². The maximum Gasteiger partial charge on any atom is 0.208 e. The zero-order valence-electron chi connectivity index (χ0n) is 13.1. The van der Waals surface area contributed by atoms with Crippen LogP contribution in [-0.4, -0.2) is 26.2 Å². The molecule has 0 spiro atoms. The Kier molecular flexibility index (Phi) is 5.82. The monoisotopic (exact) mass is 432 g/mol. The molecular formula is C16H14Cl2N2O2S3. The number of hydrogen-bond acceptors (Lipinski definition) is 5. The van der Waals surface area contributed by atoms with Crippen molar-refractivity contribution in [3.8, 4) is 21.1 Å². The molecule has 3 aromatic rings. The van der Waals surface area contributed by atoms with Crippen LogP contribution in [0.5, 0.6) is 0 Å². The van der Waals surface area contributed by atoms with Gasteiger partial charge in [-0.15, -0.1) is 22.7 Å². The molecule has 2 aromatic heterocycles. The highest BCUT2D eigenvalue weighted by molar-refractivity contribution is 7.88. The highest BCUT2D eigenvalue weighted by Gasteiger charge is 2.11. The Bertz CT molecular complexity index is 996. The number of rotatable bonds is 6. The number of thiazole rings is 1. The largest absolute Gasteiger partial charge is 0.235 e. The van der Waals surface area contributed by atoms with E-state index >= 15 is 0 Å². The van der Waals surface area contributed by atoms with Gasteiger partial charge in [-0.2, -0.15) is 0 Å². The van der Waals surface area contributed by atoms with Crippen molar-refractivity contribution in [3.63, 3.8) is 0 Å². The first-order chi connectivity index (χ1) is 11.8. The molecule has 2 heterocycles. The van der Waals surface area contributed by atoms with Gasteiger partial charge in [-0.3, -0.25) is 0 Å². The molecule has 0 aliphatic carbocycles. The lowest BCUT2D eigenvalue weighted by atomic mass is 10.2. The number of sulfonamides is 1. The lowest BCUT2D eigenvalue weighted by molar-refractivity contribution is 0.588. The molecule has 0 amide bonds. The van der Waals surface area contributed by atoms with Crippen LogP contribution >= 0.6 is 45.9 Å². The predicted octanol–water partition coefficient (Wildman–Crippen LogP) is 4.94. The van der Waals surface area contributed by atoms with E-state index in [-0.39, 0.29) is 0 Å². The van der Waals surface area contributed by atoms with Crippen LogP contribution in [-0.2, 0) is 16.4 Å². The summed E-state index contributed by atoms with van der Waals surface area (Å²) >= 11 is 15.2. The number of benzene rings is 1. The quantitative estimate of drug-likeness (QED) is 0.599. The standard InChI is InChI=1S/C16H14Cl2N2O2S3/c1-25(21,22)19-7-6-11-3-5-15(24-11)14-9-23-16(20-14)10-2-4-12(17)13(18)8-10/h2-5,8-9,19H,6-7H2,1H3. The van der Waals surface area contributed by atoms with Crippen LogP contribution in [0.15, 0.2) is 35.7 Å². The Hall–Kier alpha value is -0.960. The van der Waals surface area contributed by atoms with Gasteiger partial charge in [-0.25, -0.2) is 18.1 Å². The van der Waals surface area contributed by atoms with Crippen molar-refractivity contribution in [1.29, 1.82) is 0 Å². The van der Waals surface area contributed by atoms with Crippen molar-refractivity contribution in [3.05, 3.63) is 50.6 Å². The Morgan fingerprint density at radius 2 is 1.96 bits per heavy atom. The summed E-state index contributed by atoms with van der Waals surface area (Å²) in [7, 11) is -3.15. The fraction of sp³-hybridized carbons (Fsp3) is 0.188. The Balaban J connectivity index is 1.73. The van der Waals surface area contributed by atoms with E-state index in [2.05, 4.69) is 9.71 Å². The number of nitrogens with zero attached hydrogens (tertiary/aromatic N) is 1.